The average molecular weight is 412 g/mol. The number of hydrogen-bond donors (Lipinski definition) is 1. The number of urea groups is 1. The molecule has 0 radical (unpaired) electrons. The van der Waals surface area contributed by atoms with E-state index in [4.69, 9.17) is 0 Å². The van der Waals surface area contributed by atoms with Gasteiger partial charge in [0.25, 0.3) is 0 Å². The second kappa shape index (κ2) is 8.37. The molecule has 2 aromatic rings. The molecule has 2 fully saturated rings. The van der Waals surface area contributed by atoms with Crippen molar-refractivity contribution in [3.63, 3.8) is 0 Å². The van der Waals surface area contributed by atoms with Crippen molar-refractivity contribution < 1.29 is 13.8 Å². The molecule has 3 amide bonds. The van der Waals surface area contributed by atoms with Crippen LogP contribution in [0, 0.1) is 0 Å². The number of para-hydroxylation sites is 1. The van der Waals surface area contributed by atoms with Crippen LogP contribution in [0.2, 0.25) is 0 Å². The molecule has 1 atom stereocenters. The van der Waals surface area contributed by atoms with Crippen LogP contribution in [0.5, 0.6) is 0 Å². The van der Waals surface area contributed by atoms with Gasteiger partial charge in [0.05, 0.1) is 10.8 Å². The summed E-state index contributed by atoms with van der Waals surface area (Å²) in [4.78, 5) is 27.9. The van der Waals surface area contributed by atoms with E-state index in [0.717, 1.165) is 12.1 Å². The van der Waals surface area contributed by atoms with Crippen LogP contribution < -0.4 is 10.2 Å². The fourth-order valence-corrected chi connectivity index (χ4v) is 5.85. The molecular weight excluding hydrogens is 386 g/mol. The first-order valence-corrected chi connectivity index (χ1v) is 11.3. The minimum absolute atomic E-state index is 0.0537. The first kappa shape index (κ1) is 19.6. The molecule has 7 heteroatoms. The van der Waals surface area contributed by atoms with Crippen LogP contribution >= 0.6 is 0 Å². The average Bonchev–Trinajstić information content (AvgIpc) is 2.99. The Hall–Kier alpha value is -2.67. The molecule has 2 heterocycles. The number of piperidine rings is 1. The summed E-state index contributed by atoms with van der Waals surface area (Å²) in [6.45, 7) is 1.55. The van der Waals surface area contributed by atoms with Gasteiger partial charge in [0.15, 0.2) is 0 Å². The van der Waals surface area contributed by atoms with Crippen LogP contribution in [0.15, 0.2) is 60.7 Å². The molecule has 6 nitrogen and oxygen atoms in total. The summed E-state index contributed by atoms with van der Waals surface area (Å²) in [7, 11) is -1.27. The molecule has 0 aliphatic carbocycles. The molecule has 4 rings (SSSR count). The van der Waals surface area contributed by atoms with Crippen LogP contribution in [-0.2, 0) is 22.0 Å². The summed E-state index contributed by atoms with van der Waals surface area (Å²) in [5.41, 5.74) is 1.97. The van der Waals surface area contributed by atoms with E-state index in [1.807, 2.05) is 60.7 Å². The lowest BCUT2D eigenvalue weighted by molar-refractivity contribution is -0.116. The third-order valence-corrected chi connectivity index (χ3v) is 7.66. The first-order valence-electron chi connectivity index (χ1n) is 9.93. The van der Waals surface area contributed by atoms with E-state index in [1.54, 1.807) is 9.80 Å². The van der Waals surface area contributed by atoms with Crippen molar-refractivity contribution in [2.75, 3.05) is 30.3 Å². The third-order valence-electron chi connectivity index (χ3n) is 5.71. The van der Waals surface area contributed by atoms with Crippen molar-refractivity contribution >= 4 is 28.4 Å². The van der Waals surface area contributed by atoms with Crippen molar-refractivity contribution in [1.29, 1.82) is 0 Å². The fourth-order valence-electron chi connectivity index (χ4n) is 4.18. The predicted octanol–water partition coefficient (Wildman–Crippen LogP) is 2.53. The quantitative estimate of drug-likeness (QED) is 0.841. The highest BCUT2D eigenvalue weighted by Gasteiger charge is 2.53. The SMILES string of the molecule is O=C(NCCc1ccccc1)N1CCC2(CC1)N(c1ccccc1)C(=O)CS2=O. The molecule has 152 valence electrons. The summed E-state index contributed by atoms with van der Waals surface area (Å²) in [6, 6.07) is 19.4. The Labute approximate surface area is 173 Å². The van der Waals surface area contributed by atoms with Crippen LogP contribution in [0.3, 0.4) is 0 Å². The molecule has 1 N–H and O–H groups in total. The fraction of sp³-hybridized carbons (Fsp3) is 0.364. The highest BCUT2D eigenvalue weighted by atomic mass is 32.2. The molecule has 2 saturated heterocycles. The highest BCUT2D eigenvalue weighted by molar-refractivity contribution is 7.88. The van der Waals surface area contributed by atoms with Crippen molar-refractivity contribution in [3.05, 3.63) is 66.2 Å². The summed E-state index contributed by atoms with van der Waals surface area (Å²) >= 11 is 0. The molecule has 0 saturated carbocycles. The molecule has 29 heavy (non-hydrogen) atoms. The summed E-state index contributed by atoms with van der Waals surface area (Å²) < 4.78 is 12.9. The monoisotopic (exact) mass is 411 g/mol. The van der Waals surface area contributed by atoms with Crippen LogP contribution in [0.25, 0.3) is 0 Å². The smallest absolute Gasteiger partial charge is 0.317 e. The lowest BCUT2D eigenvalue weighted by Gasteiger charge is -2.43. The summed E-state index contributed by atoms with van der Waals surface area (Å²) in [6.07, 6.45) is 1.82. The number of likely N-dealkylation sites (tertiary alicyclic amines) is 1. The van der Waals surface area contributed by atoms with E-state index in [-0.39, 0.29) is 17.7 Å². The molecule has 0 bridgehead atoms. The van der Waals surface area contributed by atoms with E-state index in [2.05, 4.69) is 5.32 Å². The number of anilines is 1. The zero-order chi connectivity index (χ0) is 20.3. The zero-order valence-corrected chi connectivity index (χ0v) is 17.1. The Morgan fingerprint density at radius 2 is 1.62 bits per heavy atom. The standard InChI is InChI=1S/C22H25N3O3S/c26-20-17-29(28)22(25(20)19-9-5-2-6-10-19)12-15-24(16-13-22)21(27)23-14-11-18-7-3-1-4-8-18/h1-10H,11-17H2,(H,23,27). The van der Waals surface area contributed by atoms with Gasteiger partial charge in [-0.1, -0.05) is 48.5 Å². The number of benzene rings is 2. The normalized spacial score (nSPS) is 20.8. The number of hydrogen-bond acceptors (Lipinski definition) is 3. The molecular formula is C22H25N3O3S. The molecule has 2 aliphatic heterocycles. The second-order valence-corrected chi connectivity index (χ2v) is 9.19. The molecule has 1 unspecified atom stereocenters. The van der Waals surface area contributed by atoms with Crippen LogP contribution in [0.4, 0.5) is 10.5 Å². The summed E-state index contributed by atoms with van der Waals surface area (Å²) in [5.74, 6) is -0.0478. The minimum atomic E-state index is -1.27. The Kier molecular flexibility index (Phi) is 5.67. The van der Waals surface area contributed by atoms with Crippen molar-refractivity contribution in [2.24, 2.45) is 0 Å². The van der Waals surface area contributed by atoms with E-state index in [0.29, 0.717) is 32.5 Å². The largest absolute Gasteiger partial charge is 0.338 e. The van der Waals surface area contributed by atoms with Crippen LogP contribution in [0.1, 0.15) is 18.4 Å². The van der Waals surface area contributed by atoms with Crippen molar-refractivity contribution in [2.45, 2.75) is 24.1 Å². The Bertz CT molecular complexity index is 896. The van der Waals surface area contributed by atoms with E-state index in [9.17, 15) is 13.8 Å². The maximum absolute atomic E-state index is 12.9. The van der Waals surface area contributed by atoms with Gasteiger partial charge in [-0.25, -0.2) is 4.79 Å². The maximum Gasteiger partial charge on any atom is 0.317 e. The molecule has 0 aromatic heterocycles. The van der Waals surface area contributed by atoms with Crippen molar-refractivity contribution in [3.8, 4) is 0 Å². The third kappa shape index (κ3) is 3.92. The zero-order valence-electron chi connectivity index (χ0n) is 16.3. The van der Waals surface area contributed by atoms with Gasteiger partial charge in [0, 0.05) is 38.2 Å². The Morgan fingerprint density at radius 1 is 1.00 bits per heavy atom. The van der Waals surface area contributed by atoms with E-state index >= 15 is 0 Å². The number of nitrogens with zero attached hydrogens (tertiary/aromatic N) is 2. The number of rotatable bonds is 4. The van der Waals surface area contributed by atoms with Gasteiger partial charge in [-0.05, 0) is 24.1 Å². The van der Waals surface area contributed by atoms with Gasteiger partial charge in [0.1, 0.15) is 10.6 Å². The highest BCUT2D eigenvalue weighted by Crippen LogP contribution is 2.40. The number of nitrogens with one attached hydrogen (secondary N) is 1. The van der Waals surface area contributed by atoms with Crippen LogP contribution in [-0.4, -0.2) is 51.3 Å². The molecule has 2 aromatic carbocycles. The van der Waals surface area contributed by atoms with Crippen molar-refractivity contribution in [1.82, 2.24) is 10.2 Å². The molecule has 1 spiro atoms. The number of carbonyl (C=O) groups is 2. The van der Waals surface area contributed by atoms with Gasteiger partial charge >= 0.3 is 6.03 Å². The minimum Gasteiger partial charge on any atom is -0.338 e. The Balaban J connectivity index is 1.38. The first-order chi connectivity index (χ1) is 14.1. The molecule has 2 aliphatic rings. The van der Waals surface area contributed by atoms with E-state index < -0.39 is 15.7 Å². The number of amides is 3. The summed E-state index contributed by atoms with van der Waals surface area (Å²) in [5, 5.41) is 2.97. The lowest BCUT2D eigenvalue weighted by atomic mass is 10.0. The lowest BCUT2D eigenvalue weighted by Crippen LogP contribution is -2.57. The van der Waals surface area contributed by atoms with E-state index in [1.165, 1.54) is 5.56 Å². The topological polar surface area (TPSA) is 69.7 Å². The predicted molar refractivity (Wildman–Crippen MR) is 114 cm³/mol. The van der Waals surface area contributed by atoms with Gasteiger partial charge in [-0.2, -0.15) is 0 Å². The van der Waals surface area contributed by atoms with Gasteiger partial charge < -0.3 is 10.2 Å². The van der Waals surface area contributed by atoms with Gasteiger partial charge in [-0.3, -0.25) is 13.9 Å². The van der Waals surface area contributed by atoms with Gasteiger partial charge in [-0.15, -0.1) is 0 Å². The van der Waals surface area contributed by atoms with Gasteiger partial charge in [0.2, 0.25) is 5.91 Å². The second-order valence-electron chi connectivity index (χ2n) is 7.46. The maximum atomic E-state index is 12.9. The number of carbonyl (C=O) groups excluding carboxylic acids is 2. The Morgan fingerprint density at radius 3 is 2.28 bits per heavy atom.